The number of hydrogen-bond acceptors (Lipinski definition) is 5. The third-order valence-corrected chi connectivity index (χ3v) is 5.73. The second-order valence-electron chi connectivity index (χ2n) is 7.66. The van der Waals surface area contributed by atoms with Crippen LogP contribution in [0.15, 0.2) is 24.4 Å². The van der Waals surface area contributed by atoms with Crippen LogP contribution in [0.25, 0.3) is 0 Å². The molecule has 0 aliphatic carbocycles. The lowest BCUT2D eigenvalue weighted by atomic mass is 10.0. The van der Waals surface area contributed by atoms with Crippen molar-refractivity contribution in [3.8, 4) is 5.75 Å². The van der Waals surface area contributed by atoms with Gasteiger partial charge < -0.3 is 14.5 Å². The summed E-state index contributed by atoms with van der Waals surface area (Å²) in [5.74, 6) is 0.430. The van der Waals surface area contributed by atoms with Gasteiger partial charge in [-0.05, 0) is 32.0 Å². The smallest absolute Gasteiger partial charge is 0.258 e. The molecule has 1 aromatic heterocycles. The van der Waals surface area contributed by atoms with E-state index in [2.05, 4.69) is 10.3 Å². The van der Waals surface area contributed by atoms with Crippen molar-refractivity contribution in [2.75, 3.05) is 19.7 Å². The molecule has 1 aromatic carbocycles. The van der Waals surface area contributed by atoms with Gasteiger partial charge in [-0.15, -0.1) is 5.10 Å². The average Bonchev–Trinajstić information content (AvgIpc) is 3.15. The van der Waals surface area contributed by atoms with Gasteiger partial charge in [0.05, 0.1) is 17.8 Å². The van der Waals surface area contributed by atoms with Crippen molar-refractivity contribution in [2.24, 2.45) is 0 Å². The average molecular weight is 418 g/mol. The molecular formula is C20H24ClN5O3. The largest absolute Gasteiger partial charge is 0.491 e. The lowest BCUT2D eigenvalue weighted by Crippen LogP contribution is -2.59. The molecule has 29 heavy (non-hydrogen) atoms. The lowest BCUT2D eigenvalue weighted by molar-refractivity contribution is -0.136. The summed E-state index contributed by atoms with van der Waals surface area (Å²) < 4.78 is 7.59. The fourth-order valence-corrected chi connectivity index (χ4v) is 4.07. The molecule has 4 bridgehead atoms. The van der Waals surface area contributed by atoms with Crippen LogP contribution in [0.4, 0.5) is 0 Å². The molecule has 0 spiro atoms. The first-order valence-electron chi connectivity index (χ1n) is 9.84. The van der Waals surface area contributed by atoms with E-state index in [1.165, 1.54) is 0 Å². The van der Waals surface area contributed by atoms with E-state index in [0.29, 0.717) is 55.4 Å². The monoisotopic (exact) mass is 417 g/mol. The van der Waals surface area contributed by atoms with Crippen LogP contribution < -0.4 is 4.74 Å². The second-order valence-corrected chi connectivity index (χ2v) is 8.10. The highest BCUT2D eigenvalue weighted by Crippen LogP contribution is 2.27. The summed E-state index contributed by atoms with van der Waals surface area (Å²) in [7, 11) is 0. The summed E-state index contributed by atoms with van der Waals surface area (Å²) in [6.07, 6.45) is 2.75. The van der Waals surface area contributed by atoms with Crippen molar-refractivity contribution in [1.29, 1.82) is 0 Å². The zero-order valence-corrected chi connectivity index (χ0v) is 17.3. The van der Waals surface area contributed by atoms with Crippen molar-refractivity contribution < 1.29 is 14.3 Å². The Morgan fingerprint density at radius 1 is 1.10 bits per heavy atom. The standard InChI is InChI=1S/C20H24ClN5O3/c1-13-11-26-14(2)10-25(13)19(27)6-4-16-12-24(23-22-16)7-8-29-18-5-3-15(21)9-17(18)20(26)28/h3,5,9,12-14H,4,6-8,10-11H2,1-2H3/t13-,14+/m0/s1. The Labute approximate surface area is 174 Å². The topological polar surface area (TPSA) is 80.6 Å². The number of amides is 2. The molecule has 9 heteroatoms. The number of carbonyl (C=O) groups is 2. The molecule has 154 valence electrons. The molecule has 3 aliphatic rings. The van der Waals surface area contributed by atoms with Gasteiger partial charge >= 0.3 is 0 Å². The number of nitrogens with zero attached hydrogens (tertiary/aromatic N) is 5. The van der Waals surface area contributed by atoms with E-state index in [1.54, 1.807) is 27.8 Å². The molecule has 3 aliphatic heterocycles. The molecule has 1 fully saturated rings. The Bertz CT molecular complexity index is 931. The number of halogens is 1. The van der Waals surface area contributed by atoms with Gasteiger partial charge in [-0.3, -0.25) is 9.59 Å². The lowest BCUT2D eigenvalue weighted by Gasteiger charge is -2.44. The summed E-state index contributed by atoms with van der Waals surface area (Å²) in [6, 6.07) is 4.89. The van der Waals surface area contributed by atoms with Crippen LogP contribution >= 0.6 is 11.6 Å². The van der Waals surface area contributed by atoms with Gasteiger partial charge in [-0.25, -0.2) is 4.68 Å². The number of aryl methyl sites for hydroxylation is 1. The number of carbonyl (C=O) groups excluding carboxylic acids is 2. The van der Waals surface area contributed by atoms with Crippen molar-refractivity contribution in [2.45, 2.75) is 45.3 Å². The SMILES string of the molecule is C[C@@H]1CN2C(=O)CCc3cn(nn3)CCOc3ccc(Cl)cc3C(=O)N1C[C@@H]2C. The first kappa shape index (κ1) is 19.7. The Balaban J connectivity index is 1.69. The summed E-state index contributed by atoms with van der Waals surface area (Å²) in [5.41, 5.74) is 1.22. The van der Waals surface area contributed by atoms with Gasteiger partial charge in [-0.1, -0.05) is 16.8 Å². The number of ether oxygens (including phenoxy) is 1. The Morgan fingerprint density at radius 3 is 2.69 bits per heavy atom. The van der Waals surface area contributed by atoms with E-state index < -0.39 is 0 Å². The van der Waals surface area contributed by atoms with Crippen LogP contribution in [0.1, 0.15) is 36.3 Å². The highest BCUT2D eigenvalue weighted by atomic mass is 35.5. The normalized spacial score (nSPS) is 23.1. The van der Waals surface area contributed by atoms with Crippen molar-refractivity contribution in [1.82, 2.24) is 24.8 Å². The molecule has 0 N–H and O–H groups in total. The second kappa shape index (κ2) is 8.02. The van der Waals surface area contributed by atoms with Crippen LogP contribution in [0.5, 0.6) is 5.75 Å². The highest BCUT2D eigenvalue weighted by Gasteiger charge is 2.35. The van der Waals surface area contributed by atoms with Crippen LogP contribution in [0.3, 0.4) is 0 Å². The van der Waals surface area contributed by atoms with Crippen LogP contribution in [0, 0.1) is 0 Å². The molecule has 8 nitrogen and oxygen atoms in total. The van der Waals surface area contributed by atoms with Crippen LogP contribution in [-0.4, -0.2) is 68.4 Å². The minimum absolute atomic E-state index is 0.0740. The van der Waals surface area contributed by atoms with E-state index in [4.69, 9.17) is 16.3 Å². The third-order valence-electron chi connectivity index (χ3n) is 5.50. The number of aromatic nitrogens is 3. The number of benzene rings is 1. The summed E-state index contributed by atoms with van der Waals surface area (Å²) >= 11 is 6.17. The predicted molar refractivity (Wildman–Crippen MR) is 107 cm³/mol. The molecule has 1 saturated heterocycles. The zero-order valence-electron chi connectivity index (χ0n) is 16.5. The molecular weight excluding hydrogens is 394 g/mol. The van der Waals surface area contributed by atoms with Gasteiger partial charge in [-0.2, -0.15) is 0 Å². The van der Waals surface area contributed by atoms with Gasteiger partial charge in [0, 0.05) is 49.2 Å². The fraction of sp³-hybridized carbons (Fsp3) is 0.500. The van der Waals surface area contributed by atoms with E-state index in [0.717, 1.165) is 5.69 Å². The van der Waals surface area contributed by atoms with Crippen molar-refractivity contribution in [3.63, 3.8) is 0 Å². The van der Waals surface area contributed by atoms with E-state index in [9.17, 15) is 9.59 Å². The van der Waals surface area contributed by atoms with Gasteiger partial charge in [0.25, 0.3) is 5.91 Å². The summed E-state index contributed by atoms with van der Waals surface area (Å²) in [6.45, 7) is 5.72. The van der Waals surface area contributed by atoms with Gasteiger partial charge in [0.15, 0.2) is 0 Å². The van der Waals surface area contributed by atoms with E-state index in [-0.39, 0.29) is 23.9 Å². The molecule has 5 rings (SSSR count). The molecule has 0 saturated carbocycles. The Kier molecular flexibility index (Phi) is 5.45. The molecule has 0 radical (unpaired) electrons. The van der Waals surface area contributed by atoms with Crippen molar-refractivity contribution in [3.05, 3.63) is 40.7 Å². The summed E-state index contributed by atoms with van der Waals surface area (Å²) in [4.78, 5) is 29.8. The molecule has 0 unspecified atom stereocenters. The van der Waals surface area contributed by atoms with E-state index in [1.807, 2.05) is 24.9 Å². The third kappa shape index (κ3) is 4.07. The number of fused-ring (bicyclic) bond motifs is 6. The maximum absolute atomic E-state index is 13.3. The number of rotatable bonds is 0. The fourth-order valence-electron chi connectivity index (χ4n) is 3.90. The van der Waals surface area contributed by atoms with E-state index >= 15 is 0 Å². The van der Waals surface area contributed by atoms with Gasteiger partial charge in [0.1, 0.15) is 12.4 Å². The van der Waals surface area contributed by atoms with Crippen molar-refractivity contribution >= 4 is 23.4 Å². The quantitative estimate of drug-likeness (QED) is 0.655. The van der Waals surface area contributed by atoms with Gasteiger partial charge in [0.2, 0.25) is 5.91 Å². The Morgan fingerprint density at radius 2 is 1.86 bits per heavy atom. The molecule has 2 atom stereocenters. The number of hydrogen-bond donors (Lipinski definition) is 0. The minimum Gasteiger partial charge on any atom is -0.491 e. The first-order valence-corrected chi connectivity index (χ1v) is 10.2. The zero-order chi connectivity index (χ0) is 20.5. The predicted octanol–water partition coefficient (Wildman–Crippen LogP) is 2.02. The van der Waals surface area contributed by atoms with Crippen LogP contribution in [-0.2, 0) is 17.8 Å². The molecule has 2 amide bonds. The highest BCUT2D eigenvalue weighted by molar-refractivity contribution is 6.31. The summed E-state index contributed by atoms with van der Waals surface area (Å²) in [5, 5.41) is 8.72. The minimum atomic E-state index is -0.135. The maximum atomic E-state index is 13.3. The Hall–Kier alpha value is -2.61. The molecule has 2 aromatic rings. The first-order chi connectivity index (χ1) is 13.9. The maximum Gasteiger partial charge on any atom is 0.258 e. The van der Waals surface area contributed by atoms with Crippen LogP contribution in [0.2, 0.25) is 5.02 Å². The number of piperazine rings is 1. The molecule has 4 heterocycles.